The Bertz CT molecular complexity index is 499. The standard InChI is InChI=1S/C13H16N2O4/c1-8-5-4-6-10(7-8)12(17)19-9(2)11(16)15-13(18)14-3/h4-7,9H,1-3H3,(H2,14,15,16,18)/t9-/m1/s1. The lowest BCUT2D eigenvalue weighted by Gasteiger charge is -2.12. The molecular formula is C13H16N2O4. The van der Waals surface area contributed by atoms with Crippen molar-refractivity contribution in [1.29, 1.82) is 0 Å². The minimum absolute atomic E-state index is 0.361. The number of hydrogen-bond donors (Lipinski definition) is 2. The lowest BCUT2D eigenvalue weighted by molar-refractivity contribution is -0.127. The molecule has 0 aromatic heterocycles. The van der Waals surface area contributed by atoms with Crippen LogP contribution in [0.4, 0.5) is 4.79 Å². The van der Waals surface area contributed by atoms with Gasteiger partial charge in [0.25, 0.3) is 5.91 Å². The molecule has 6 nitrogen and oxygen atoms in total. The van der Waals surface area contributed by atoms with Crippen LogP contribution in [0, 0.1) is 6.92 Å². The molecule has 0 spiro atoms. The second-order valence-electron chi connectivity index (χ2n) is 3.99. The average Bonchev–Trinajstić information content (AvgIpc) is 2.38. The number of hydrogen-bond acceptors (Lipinski definition) is 4. The molecule has 6 heteroatoms. The van der Waals surface area contributed by atoms with Gasteiger partial charge in [-0.1, -0.05) is 17.7 Å². The summed E-state index contributed by atoms with van der Waals surface area (Å²) in [4.78, 5) is 34.2. The second-order valence-corrected chi connectivity index (χ2v) is 3.99. The number of amides is 3. The van der Waals surface area contributed by atoms with Crippen molar-refractivity contribution < 1.29 is 19.1 Å². The fourth-order valence-electron chi connectivity index (χ4n) is 1.33. The van der Waals surface area contributed by atoms with E-state index in [0.717, 1.165) is 5.56 Å². The van der Waals surface area contributed by atoms with Gasteiger partial charge in [0.15, 0.2) is 6.10 Å². The largest absolute Gasteiger partial charge is 0.449 e. The first-order valence-electron chi connectivity index (χ1n) is 5.74. The van der Waals surface area contributed by atoms with E-state index in [4.69, 9.17) is 4.74 Å². The van der Waals surface area contributed by atoms with E-state index < -0.39 is 24.0 Å². The van der Waals surface area contributed by atoms with Crippen molar-refractivity contribution in [1.82, 2.24) is 10.6 Å². The van der Waals surface area contributed by atoms with Gasteiger partial charge in [0.05, 0.1) is 5.56 Å². The van der Waals surface area contributed by atoms with Crippen LogP contribution in [-0.2, 0) is 9.53 Å². The number of esters is 1. The summed E-state index contributed by atoms with van der Waals surface area (Å²) in [6.07, 6.45) is -1.05. The maximum absolute atomic E-state index is 11.8. The van der Waals surface area contributed by atoms with E-state index in [0.29, 0.717) is 5.56 Å². The molecule has 1 aromatic rings. The Balaban J connectivity index is 2.61. The molecule has 102 valence electrons. The molecule has 0 fully saturated rings. The van der Waals surface area contributed by atoms with Crippen molar-refractivity contribution in [2.75, 3.05) is 7.05 Å². The molecule has 0 saturated heterocycles. The second kappa shape index (κ2) is 6.53. The van der Waals surface area contributed by atoms with Gasteiger partial charge in [-0.25, -0.2) is 9.59 Å². The minimum atomic E-state index is -1.05. The maximum atomic E-state index is 11.8. The molecule has 1 rings (SSSR count). The van der Waals surface area contributed by atoms with Crippen LogP contribution in [0.3, 0.4) is 0 Å². The Hall–Kier alpha value is -2.37. The van der Waals surface area contributed by atoms with Crippen molar-refractivity contribution in [2.24, 2.45) is 0 Å². The van der Waals surface area contributed by atoms with Crippen molar-refractivity contribution >= 4 is 17.9 Å². The molecular weight excluding hydrogens is 248 g/mol. The lowest BCUT2D eigenvalue weighted by Crippen LogP contribution is -2.43. The molecule has 0 heterocycles. The highest BCUT2D eigenvalue weighted by atomic mass is 16.5. The zero-order chi connectivity index (χ0) is 14.4. The van der Waals surface area contributed by atoms with Crippen LogP contribution < -0.4 is 10.6 Å². The smallest absolute Gasteiger partial charge is 0.338 e. The first-order chi connectivity index (χ1) is 8.93. The molecule has 0 aliphatic carbocycles. The summed E-state index contributed by atoms with van der Waals surface area (Å²) >= 11 is 0. The Labute approximate surface area is 111 Å². The number of benzene rings is 1. The molecule has 1 aromatic carbocycles. The topological polar surface area (TPSA) is 84.5 Å². The third-order valence-corrected chi connectivity index (χ3v) is 2.37. The molecule has 3 amide bonds. The molecule has 0 aliphatic rings. The third kappa shape index (κ3) is 4.42. The summed E-state index contributed by atoms with van der Waals surface area (Å²) in [5.74, 6) is -1.29. The van der Waals surface area contributed by atoms with Crippen molar-refractivity contribution in [3.63, 3.8) is 0 Å². The van der Waals surface area contributed by atoms with Gasteiger partial charge in [0, 0.05) is 7.05 Å². The zero-order valence-electron chi connectivity index (χ0n) is 11.0. The zero-order valence-corrected chi connectivity index (χ0v) is 11.0. The summed E-state index contributed by atoms with van der Waals surface area (Å²) in [6, 6.07) is 6.17. The van der Waals surface area contributed by atoms with Gasteiger partial charge in [-0.15, -0.1) is 0 Å². The molecule has 1 atom stereocenters. The summed E-state index contributed by atoms with van der Waals surface area (Å²) in [7, 11) is 1.38. The Morgan fingerprint density at radius 2 is 1.95 bits per heavy atom. The predicted octanol–water partition coefficient (Wildman–Crippen LogP) is 0.996. The number of nitrogens with one attached hydrogen (secondary N) is 2. The minimum Gasteiger partial charge on any atom is -0.449 e. The summed E-state index contributed by atoms with van der Waals surface area (Å²) in [6.45, 7) is 3.24. The molecule has 0 saturated carbocycles. The van der Waals surface area contributed by atoms with Gasteiger partial charge in [-0.2, -0.15) is 0 Å². The molecule has 0 unspecified atom stereocenters. The van der Waals surface area contributed by atoms with Gasteiger partial charge in [-0.05, 0) is 26.0 Å². The van der Waals surface area contributed by atoms with Crippen LogP contribution in [0.25, 0.3) is 0 Å². The Kier molecular flexibility index (Phi) is 5.05. The number of aryl methyl sites for hydroxylation is 1. The van der Waals surface area contributed by atoms with Crippen LogP contribution in [0.15, 0.2) is 24.3 Å². The van der Waals surface area contributed by atoms with E-state index in [2.05, 4.69) is 5.32 Å². The van der Waals surface area contributed by atoms with Gasteiger partial charge in [0.1, 0.15) is 0 Å². The monoisotopic (exact) mass is 264 g/mol. The van der Waals surface area contributed by atoms with E-state index in [9.17, 15) is 14.4 Å². The van der Waals surface area contributed by atoms with Crippen molar-refractivity contribution in [2.45, 2.75) is 20.0 Å². The average molecular weight is 264 g/mol. The third-order valence-electron chi connectivity index (χ3n) is 2.37. The van der Waals surface area contributed by atoms with E-state index in [-0.39, 0.29) is 0 Å². The summed E-state index contributed by atoms with van der Waals surface area (Å²) in [5, 5.41) is 4.26. The lowest BCUT2D eigenvalue weighted by atomic mass is 10.1. The molecule has 0 radical (unpaired) electrons. The maximum Gasteiger partial charge on any atom is 0.338 e. The van der Waals surface area contributed by atoms with E-state index in [1.54, 1.807) is 18.2 Å². The fourth-order valence-corrected chi connectivity index (χ4v) is 1.33. The number of urea groups is 1. The highest BCUT2D eigenvalue weighted by Crippen LogP contribution is 2.07. The highest BCUT2D eigenvalue weighted by molar-refractivity contribution is 5.98. The van der Waals surface area contributed by atoms with Gasteiger partial charge in [0.2, 0.25) is 0 Å². The number of imide groups is 1. The summed E-state index contributed by atoms with van der Waals surface area (Å²) in [5.41, 5.74) is 1.27. The van der Waals surface area contributed by atoms with Gasteiger partial charge >= 0.3 is 12.0 Å². The Morgan fingerprint density at radius 1 is 1.26 bits per heavy atom. The fraction of sp³-hybridized carbons (Fsp3) is 0.308. The Morgan fingerprint density at radius 3 is 2.53 bits per heavy atom. The van der Waals surface area contributed by atoms with Crippen molar-refractivity contribution in [3.05, 3.63) is 35.4 Å². The van der Waals surface area contributed by atoms with Crippen LogP contribution in [-0.4, -0.2) is 31.1 Å². The molecule has 0 bridgehead atoms. The number of rotatable bonds is 3. The first kappa shape index (κ1) is 14.7. The van der Waals surface area contributed by atoms with E-state index in [1.807, 2.05) is 18.3 Å². The molecule has 19 heavy (non-hydrogen) atoms. The number of ether oxygens (including phenoxy) is 1. The van der Waals surface area contributed by atoms with Gasteiger partial charge < -0.3 is 10.1 Å². The summed E-state index contributed by atoms with van der Waals surface area (Å²) < 4.78 is 4.97. The van der Waals surface area contributed by atoms with Crippen LogP contribution in [0.1, 0.15) is 22.8 Å². The quantitative estimate of drug-likeness (QED) is 0.797. The first-order valence-corrected chi connectivity index (χ1v) is 5.74. The van der Waals surface area contributed by atoms with Crippen LogP contribution in [0.2, 0.25) is 0 Å². The normalized spacial score (nSPS) is 11.3. The SMILES string of the molecule is CNC(=O)NC(=O)[C@@H](C)OC(=O)c1cccc(C)c1. The molecule has 0 aliphatic heterocycles. The number of carbonyl (C=O) groups excluding carboxylic acids is 3. The number of carbonyl (C=O) groups is 3. The molecule has 2 N–H and O–H groups in total. The predicted molar refractivity (Wildman–Crippen MR) is 68.7 cm³/mol. The van der Waals surface area contributed by atoms with E-state index in [1.165, 1.54) is 14.0 Å². The van der Waals surface area contributed by atoms with Crippen molar-refractivity contribution in [3.8, 4) is 0 Å². The van der Waals surface area contributed by atoms with E-state index >= 15 is 0 Å². The van der Waals surface area contributed by atoms with Crippen LogP contribution in [0.5, 0.6) is 0 Å². The van der Waals surface area contributed by atoms with Crippen LogP contribution >= 0.6 is 0 Å². The highest BCUT2D eigenvalue weighted by Gasteiger charge is 2.20. The van der Waals surface area contributed by atoms with Gasteiger partial charge in [-0.3, -0.25) is 10.1 Å².